The molecule has 0 spiro atoms. The predicted octanol–water partition coefficient (Wildman–Crippen LogP) is 3.57. The highest BCUT2D eigenvalue weighted by molar-refractivity contribution is 5.80. The first-order valence-electron chi connectivity index (χ1n) is 9.39. The zero-order chi connectivity index (χ0) is 19.9. The molecule has 1 heterocycles. The van der Waals surface area contributed by atoms with Crippen molar-refractivity contribution in [3.05, 3.63) is 65.9 Å². The first-order valence-corrected chi connectivity index (χ1v) is 9.39. The monoisotopic (exact) mass is 381 g/mol. The fourth-order valence-corrected chi connectivity index (χ4v) is 3.02. The van der Waals surface area contributed by atoms with Crippen molar-refractivity contribution in [3.8, 4) is 5.75 Å². The summed E-state index contributed by atoms with van der Waals surface area (Å²) in [6, 6.07) is 17.4. The number of nitrogens with zero attached hydrogens (tertiary/aromatic N) is 2. The third-order valence-electron chi connectivity index (χ3n) is 4.46. The van der Waals surface area contributed by atoms with Crippen molar-refractivity contribution >= 4 is 16.9 Å². The molecule has 1 unspecified atom stereocenters. The summed E-state index contributed by atoms with van der Waals surface area (Å²) in [5, 5.41) is 14.8. The minimum absolute atomic E-state index is 0.250. The molecule has 0 saturated carbocycles. The number of hydrogen-bond acceptors (Lipinski definition) is 4. The van der Waals surface area contributed by atoms with Crippen LogP contribution in [0.1, 0.15) is 24.4 Å². The van der Waals surface area contributed by atoms with E-state index in [0.29, 0.717) is 12.5 Å². The van der Waals surface area contributed by atoms with Gasteiger partial charge in [-0.1, -0.05) is 30.3 Å². The topological polar surface area (TPSA) is 70.2 Å². The van der Waals surface area contributed by atoms with Gasteiger partial charge in [0.05, 0.1) is 26.3 Å². The summed E-state index contributed by atoms with van der Waals surface area (Å²) in [5.74, 6) is 2.29. The van der Waals surface area contributed by atoms with Gasteiger partial charge in [-0.3, -0.25) is 4.99 Å². The minimum atomic E-state index is -0.705. The number of ether oxygens (including phenoxy) is 1. The molecule has 6 heteroatoms. The average Bonchev–Trinajstić information content (AvgIpc) is 3.13. The number of fused-ring (bicyclic) bond motifs is 1. The number of benzene rings is 2. The van der Waals surface area contributed by atoms with Gasteiger partial charge in [0.2, 0.25) is 0 Å². The van der Waals surface area contributed by atoms with E-state index in [4.69, 9.17) is 9.15 Å². The van der Waals surface area contributed by atoms with Crippen molar-refractivity contribution in [3.63, 3.8) is 0 Å². The number of furan rings is 1. The molecule has 0 bridgehead atoms. The molecule has 0 aliphatic carbocycles. The van der Waals surface area contributed by atoms with E-state index in [1.165, 1.54) is 0 Å². The van der Waals surface area contributed by atoms with E-state index in [2.05, 4.69) is 10.3 Å². The lowest BCUT2D eigenvalue weighted by Crippen LogP contribution is -2.38. The van der Waals surface area contributed by atoms with Gasteiger partial charge < -0.3 is 24.5 Å². The molecule has 2 aromatic carbocycles. The van der Waals surface area contributed by atoms with Crippen LogP contribution in [0.25, 0.3) is 11.0 Å². The maximum absolute atomic E-state index is 10.5. The van der Waals surface area contributed by atoms with Crippen LogP contribution in [0.3, 0.4) is 0 Å². The highest BCUT2D eigenvalue weighted by Crippen LogP contribution is 2.21. The van der Waals surface area contributed by atoms with Crippen LogP contribution in [0.15, 0.2) is 64.0 Å². The molecule has 2 N–H and O–H groups in total. The minimum Gasteiger partial charge on any atom is -0.497 e. The molecule has 0 saturated heterocycles. The fraction of sp³-hybridized carbons (Fsp3) is 0.318. The Labute approximate surface area is 165 Å². The number of rotatable bonds is 7. The van der Waals surface area contributed by atoms with Gasteiger partial charge in [0.1, 0.15) is 17.1 Å². The second-order valence-corrected chi connectivity index (χ2v) is 6.59. The van der Waals surface area contributed by atoms with Crippen molar-refractivity contribution < 1.29 is 14.3 Å². The smallest absolute Gasteiger partial charge is 0.194 e. The van der Waals surface area contributed by atoms with E-state index in [0.717, 1.165) is 34.6 Å². The number of aliphatic hydroxyl groups excluding tert-OH is 1. The van der Waals surface area contributed by atoms with Crippen LogP contribution in [0, 0.1) is 0 Å². The summed E-state index contributed by atoms with van der Waals surface area (Å²) in [5.41, 5.74) is 1.65. The number of guanidine groups is 1. The molecular formula is C22H27N3O3. The zero-order valence-corrected chi connectivity index (χ0v) is 16.6. The van der Waals surface area contributed by atoms with E-state index in [-0.39, 0.29) is 6.54 Å². The summed E-state index contributed by atoms with van der Waals surface area (Å²) in [4.78, 5) is 6.58. The third kappa shape index (κ3) is 4.84. The molecular weight excluding hydrogens is 354 g/mol. The first kappa shape index (κ1) is 19.8. The predicted molar refractivity (Wildman–Crippen MR) is 112 cm³/mol. The number of nitrogens with one attached hydrogen (secondary N) is 1. The molecule has 1 atom stereocenters. The summed E-state index contributed by atoms with van der Waals surface area (Å²) >= 11 is 0. The molecule has 0 aliphatic rings. The van der Waals surface area contributed by atoms with E-state index >= 15 is 0 Å². The highest BCUT2D eigenvalue weighted by Gasteiger charge is 2.13. The number of methoxy groups -OCH3 is 1. The standard InChI is InChI=1S/C22H27N3O3/c1-4-23-22(24-14-20(26)16-9-7-10-18(12-16)27-3)25(2)15-19-13-17-8-5-6-11-21(17)28-19/h5-13,20,26H,4,14-15H2,1-3H3,(H,23,24). The Balaban J connectivity index is 1.69. The van der Waals surface area contributed by atoms with Gasteiger partial charge in [-0.05, 0) is 36.8 Å². The van der Waals surface area contributed by atoms with Crippen molar-refractivity contribution in [2.45, 2.75) is 19.6 Å². The van der Waals surface area contributed by atoms with Gasteiger partial charge >= 0.3 is 0 Å². The maximum Gasteiger partial charge on any atom is 0.194 e. The van der Waals surface area contributed by atoms with E-state index < -0.39 is 6.10 Å². The van der Waals surface area contributed by atoms with Gasteiger partial charge in [0.15, 0.2) is 5.96 Å². The lowest BCUT2D eigenvalue weighted by Gasteiger charge is -2.21. The molecule has 0 fully saturated rings. The molecule has 0 radical (unpaired) electrons. The lowest BCUT2D eigenvalue weighted by atomic mass is 10.1. The number of aliphatic hydroxyl groups is 1. The van der Waals surface area contributed by atoms with Crippen LogP contribution in [0.4, 0.5) is 0 Å². The second kappa shape index (κ2) is 9.28. The van der Waals surface area contributed by atoms with Gasteiger partial charge in [-0.2, -0.15) is 0 Å². The van der Waals surface area contributed by atoms with Crippen molar-refractivity contribution in [2.24, 2.45) is 4.99 Å². The van der Waals surface area contributed by atoms with Crippen LogP contribution < -0.4 is 10.1 Å². The summed E-state index contributed by atoms with van der Waals surface area (Å²) in [6.07, 6.45) is -0.705. The van der Waals surface area contributed by atoms with Crippen molar-refractivity contribution in [2.75, 3.05) is 27.2 Å². The molecule has 3 rings (SSSR count). The SMILES string of the molecule is CCNC(=NCC(O)c1cccc(OC)c1)N(C)Cc1cc2ccccc2o1. The number of aliphatic imine (C=N–C) groups is 1. The first-order chi connectivity index (χ1) is 13.6. The Morgan fingerprint density at radius 3 is 2.79 bits per heavy atom. The third-order valence-corrected chi connectivity index (χ3v) is 4.46. The van der Waals surface area contributed by atoms with Gasteiger partial charge in [-0.15, -0.1) is 0 Å². The maximum atomic E-state index is 10.5. The van der Waals surface area contributed by atoms with Crippen LogP contribution in [-0.2, 0) is 6.54 Å². The molecule has 28 heavy (non-hydrogen) atoms. The normalized spacial score (nSPS) is 12.8. The summed E-state index contributed by atoms with van der Waals surface area (Å²) in [6.45, 7) is 3.58. The largest absolute Gasteiger partial charge is 0.497 e. The van der Waals surface area contributed by atoms with E-state index in [1.54, 1.807) is 7.11 Å². The number of hydrogen-bond donors (Lipinski definition) is 2. The Morgan fingerprint density at radius 2 is 2.04 bits per heavy atom. The van der Waals surface area contributed by atoms with E-state index in [1.807, 2.05) is 73.5 Å². The van der Waals surface area contributed by atoms with Crippen LogP contribution >= 0.6 is 0 Å². The summed E-state index contributed by atoms with van der Waals surface area (Å²) in [7, 11) is 3.56. The van der Waals surface area contributed by atoms with Crippen LogP contribution in [0.2, 0.25) is 0 Å². The fourth-order valence-electron chi connectivity index (χ4n) is 3.02. The molecule has 1 aromatic heterocycles. The Bertz CT molecular complexity index is 902. The molecule has 0 amide bonds. The Kier molecular flexibility index (Phi) is 6.55. The molecule has 148 valence electrons. The lowest BCUT2D eigenvalue weighted by molar-refractivity contribution is 0.186. The average molecular weight is 381 g/mol. The van der Waals surface area contributed by atoms with Gasteiger partial charge in [-0.25, -0.2) is 0 Å². The van der Waals surface area contributed by atoms with Gasteiger partial charge in [0.25, 0.3) is 0 Å². The molecule has 3 aromatic rings. The Hall–Kier alpha value is -2.99. The van der Waals surface area contributed by atoms with Crippen molar-refractivity contribution in [1.82, 2.24) is 10.2 Å². The Morgan fingerprint density at radius 1 is 1.21 bits per heavy atom. The summed E-state index contributed by atoms with van der Waals surface area (Å²) < 4.78 is 11.1. The zero-order valence-electron chi connectivity index (χ0n) is 16.6. The van der Waals surface area contributed by atoms with E-state index in [9.17, 15) is 5.11 Å². The number of para-hydroxylation sites is 1. The second-order valence-electron chi connectivity index (χ2n) is 6.59. The quantitative estimate of drug-likeness (QED) is 0.484. The van der Waals surface area contributed by atoms with Gasteiger partial charge in [0, 0.05) is 19.0 Å². The van der Waals surface area contributed by atoms with Crippen molar-refractivity contribution in [1.29, 1.82) is 0 Å². The molecule has 6 nitrogen and oxygen atoms in total. The molecule has 0 aliphatic heterocycles. The van der Waals surface area contributed by atoms with Crippen LogP contribution in [0.5, 0.6) is 5.75 Å². The highest BCUT2D eigenvalue weighted by atomic mass is 16.5. The van der Waals surface area contributed by atoms with Crippen LogP contribution in [-0.4, -0.2) is 43.2 Å².